The smallest absolute Gasteiger partial charge is 0.253 e. The molecule has 0 saturated heterocycles. The first-order valence-electron chi connectivity index (χ1n) is 5.77. The van der Waals surface area contributed by atoms with Crippen molar-refractivity contribution in [2.45, 2.75) is 32.4 Å². The van der Waals surface area contributed by atoms with Crippen LogP contribution in [0.3, 0.4) is 0 Å². The second-order valence-corrected chi connectivity index (χ2v) is 6.43. The Bertz CT molecular complexity index is 490. The highest BCUT2D eigenvalue weighted by molar-refractivity contribution is 9.10. The Hall–Kier alpha value is -0.580. The van der Waals surface area contributed by atoms with Crippen molar-refractivity contribution in [1.29, 1.82) is 0 Å². The number of halogens is 2. The van der Waals surface area contributed by atoms with Gasteiger partial charge in [-0.3, -0.25) is 4.79 Å². The summed E-state index contributed by atoms with van der Waals surface area (Å²) in [5.41, 5.74) is 0.164. The lowest BCUT2D eigenvalue weighted by Crippen LogP contribution is -2.61. The highest BCUT2D eigenvalue weighted by Crippen LogP contribution is 2.40. The minimum absolute atomic E-state index is 0.0185. The number of amides is 1. The molecule has 0 bridgehead atoms. The Labute approximate surface area is 120 Å². The summed E-state index contributed by atoms with van der Waals surface area (Å²) in [6, 6.07) is 5.22. The summed E-state index contributed by atoms with van der Waals surface area (Å²) in [4.78, 5) is 12.1. The molecule has 3 nitrogen and oxygen atoms in total. The maximum absolute atomic E-state index is 12.1. The zero-order chi connectivity index (χ0) is 13.5. The van der Waals surface area contributed by atoms with Crippen LogP contribution in [0.15, 0.2) is 22.7 Å². The van der Waals surface area contributed by atoms with Gasteiger partial charge in [0, 0.05) is 15.9 Å². The molecule has 1 saturated carbocycles. The van der Waals surface area contributed by atoms with Gasteiger partial charge in [-0.2, -0.15) is 0 Å². The summed E-state index contributed by atoms with van der Waals surface area (Å²) in [6.07, 6.45) is 0.227. The predicted molar refractivity (Wildman–Crippen MR) is 74.8 cm³/mol. The summed E-state index contributed by atoms with van der Waals surface area (Å²) in [6.45, 7) is 3.88. The van der Waals surface area contributed by atoms with E-state index >= 15 is 0 Å². The summed E-state index contributed by atoms with van der Waals surface area (Å²) < 4.78 is 0.699. The molecule has 0 heterocycles. The second-order valence-electron chi connectivity index (χ2n) is 5.20. The maximum Gasteiger partial charge on any atom is 0.253 e. The van der Waals surface area contributed by atoms with Crippen LogP contribution in [0.4, 0.5) is 0 Å². The van der Waals surface area contributed by atoms with Gasteiger partial charge in [0.1, 0.15) is 0 Å². The molecule has 2 unspecified atom stereocenters. The average molecular weight is 333 g/mol. The minimum atomic E-state index is -0.360. The van der Waals surface area contributed by atoms with Gasteiger partial charge in [-0.05, 0) is 34.5 Å². The fourth-order valence-corrected chi connectivity index (χ4v) is 2.64. The van der Waals surface area contributed by atoms with Gasteiger partial charge in [0.25, 0.3) is 5.91 Å². The molecule has 0 spiro atoms. The van der Waals surface area contributed by atoms with Crippen LogP contribution in [0, 0.1) is 5.41 Å². The van der Waals surface area contributed by atoms with Crippen molar-refractivity contribution in [2.24, 2.45) is 5.41 Å². The molecule has 5 heteroatoms. The molecule has 2 atom stereocenters. The number of hydrogen-bond acceptors (Lipinski definition) is 2. The third-order valence-electron chi connectivity index (χ3n) is 3.72. The van der Waals surface area contributed by atoms with Gasteiger partial charge in [0.15, 0.2) is 0 Å². The fourth-order valence-electron chi connectivity index (χ4n) is 2.06. The topological polar surface area (TPSA) is 49.3 Å². The van der Waals surface area contributed by atoms with Gasteiger partial charge in [-0.15, -0.1) is 0 Å². The maximum atomic E-state index is 12.1. The van der Waals surface area contributed by atoms with Crippen LogP contribution < -0.4 is 5.32 Å². The molecule has 18 heavy (non-hydrogen) atoms. The molecule has 1 amide bonds. The quantitative estimate of drug-likeness (QED) is 0.874. The highest BCUT2D eigenvalue weighted by atomic mass is 79.9. The summed E-state index contributed by atoms with van der Waals surface area (Å²) in [5.74, 6) is -0.203. The van der Waals surface area contributed by atoms with Crippen LogP contribution in [0.1, 0.15) is 30.6 Å². The van der Waals surface area contributed by atoms with Gasteiger partial charge in [0.2, 0.25) is 0 Å². The van der Waals surface area contributed by atoms with Gasteiger partial charge in [-0.1, -0.05) is 31.5 Å². The fraction of sp³-hybridized carbons (Fsp3) is 0.462. The molecule has 98 valence electrons. The lowest BCUT2D eigenvalue weighted by Gasteiger charge is -2.49. The van der Waals surface area contributed by atoms with E-state index in [1.807, 2.05) is 13.8 Å². The monoisotopic (exact) mass is 331 g/mol. The molecule has 2 N–H and O–H groups in total. The van der Waals surface area contributed by atoms with Crippen LogP contribution in [0.2, 0.25) is 5.02 Å². The number of aliphatic hydroxyl groups is 1. The van der Waals surface area contributed by atoms with E-state index in [1.165, 1.54) is 0 Å². The molecular weight excluding hydrogens is 318 g/mol. The van der Waals surface area contributed by atoms with Crippen molar-refractivity contribution < 1.29 is 9.90 Å². The first-order valence-corrected chi connectivity index (χ1v) is 6.94. The van der Waals surface area contributed by atoms with Crippen LogP contribution in [0.5, 0.6) is 0 Å². The molecule has 1 aromatic rings. The van der Waals surface area contributed by atoms with Gasteiger partial charge >= 0.3 is 0 Å². The van der Waals surface area contributed by atoms with Crippen LogP contribution in [-0.4, -0.2) is 23.2 Å². The standard InChI is InChI=1S/C13H15BrClNO2/c1-13(2)9(6-10(13)17)16-12(18)7-4-3-5-8(14)11(7)15/h3-5,9-10,17H,6H2,1-2H3,(H,16,18). The Morgan fingerprint density at radius 3 is 2.78 bits per heavy atom. The summed E-state index contributed by atoms with van der Waals surface area (Å²) >= 11 is 9.37. The number of rotatable bonds is 2. The Morgan fingerprint density at radius 2 is 2.22 bits per heavy atom. The number of benzene rings is 1. The molecule has 1 aliphatic rings. The molecule has 1 aliphatic carbocycles. The van der Waals surface area contributed by atoms with E-state index < -0.39 is 0 Å². The lowest BCUT2D eigenvalue weighted by molar-refractivity contribution is -0.0689. The normalized spacial score (nSPS) is 25.4. The Balaban J connectivity index is 2.12. The molecule has 1 aromatic carbocycles. The third-order valence-corrected chi connectivity index (χ3v) is 5.01. The van der Waals surface area contributed by atoms with Crippen molar-refractivity contribution >= 4 is 33.4 Å². The Morgan fingerprint density at radius 1 is 1.56 bits per heavy atom. The van der Waals surface area contributed by atoms with Gasteiger partial charge in [0.05, 0.1) is 16.7 Å². The SMILES string of the molecule is CC1(C)C(O)CC1NC(=O)c1cccc(Br)c1Cl. The first-order chi connectivity index (χ1) is 8.34. The van der Waals surface area contributed by atoms with Crippen molar-refractivity contribution in [3.8, 4) is 0 Å². The molecular formula is C13H15BrClNO2. The van der Waals surface area contributed by atoms with E-state index in [2.05, 4.69) is 21.2 Å². The molecule has 2 rings (SSSR count). The van der Waals surface area contributed by atoms with Crippen LogP contribution in [-0.2, 0) is 0 Å². The van der Waals surface area contributed by atoms with Crippen molar-refractivity contribution in [3.63, 3.8) is 0 Å². The predicted octanol–water partition coefficient (Wildman–Crippen LogP) is 2.99. The van der Waals surface area contributed by atoms with Gasteiger partial charge < -0.3 is 10.4 Å². The van der Waals surface area contributed by atoms with Crippen molar-refractivity contribution in [3.05, 3.63) is 33.3 Å². The second kappa shape index (κ2) is 4.83. The third kappa shape index (κ3) is 2.29. The number of carbonyl (C=O) groups is 1. The van der Waals surface area contributed by atoms with E-state index in [1.54, 1.807) is 18.2 Å². The summed E-state index contributed by atoms with van der Waals surface area (Å²) in [7, 11) is 0. The highest BCUT2D eigenvalue weighted by Gasteiger charge is 2.48. The zero-order valence-electron chi connectivity index (χ0n) is 10.2. The van der Waals surface area contributed by atoms with E-state index in [4.69, 9.17) is 11.6 Å². The Kier molecular flexibility index (Phi) is 3.72. The lowest BCUT2D eigenvalue weighted by atomic mass is 9.64. The van der Waals surface area contributed by atoms with Crippen molar-refractivity contribution in [2.75, 3.05) is 0 Å². The number of hydrogen-bond donors (Lipinski definition) is 2. The minimum Gasteiger partial charge on any atom is -0.392 e. The number of aliphatic hydroxyl groups excluding tert-OH is 1. The van der Waals surface area contributed by atoms with E-state index in [9.17, 15) is 9.90 Å². The average Bonchev–Trinajstić information content (AvgIpc) is 2.32. The first kappa shape index (κ1) is 13.8. The van der Waals surface area contributed by atoms with Crippen LogP contribution in [0.25, 0.3) is 0 Å². The molecule has 1 fully saturated rings. The molecule has 0 radical (unpaired) electrons. The zero-order valence-corrected chi connectivity index (χ0v) is 12.5. The van der Waals surface area contributed by atoms with E-state index in [0.29, 0.717) is 21.5 Å². The van der Waals surface area contributed by atoms with Crippen molar-refractivity contribution in [1.82, 2.24) is 5.32 Å². The molecule has 0 aliphatic heterocycles. The van der Waals surface area contributed by atoms with E-state index in [0.717, 1.165) is 0 Å². The largest absolute Gasteiger partial charge is 0.392 e. The van der Waals surface area contributed by atoms with Gasteiger partial charge in [-0.25, -0.2) is 0 Å². The van der Waals surface area contributed by atoms with Crippen LogP contribution >= 0.6 is 27.5 Å². The number of nitrogens with one attached hydrogen (secondary N) is 1. The molecule has 0 aromatic heterocycles. The number of carbonyl (C=O) groups excluding carboxylic acids is 1. The summed E-state index contributed by atoms with van der Waals surface area (Å²) in [5, 5.41) is 13.0. The van der Waals surface area contributed by atoms with E-state index in [-0.39, 0.29) is 23.5 Å².